The molecular formula is C13H23N5. The first-order chi connectivity index (χ1) is 8.69. The zero-order chi connectivity index (χ0) is 13.0. The largest absolute Gasteiger partial charge is 0.370 e. The molecule has 0 radical (unpaired) electrons. The number of aryl methyl sites for hydroxylation is 1. The van der Waals surface area contributed by atoms with Crippen molar-refractivity contribution in [3.63, 3.8) is 0 Å². The summed E-state index contributed by atoms with van der Waals surface area (Å²) in [4.78, 5) is 10.9. The first-order valence-corrected chi connectivity index (χ1v) is 6.70. The van der Waals surface area contributed by atoms with Gasteiger partial charge in [-0.1, -0.05) is 6.42 Å². The van der Waals surface area contributed by atoms with Gasteiger partial charge in [0, 0.05) is 32.7 Å². The van der Waals surface area contributed by atoms with Crippen molar-refractivity contribution in [2.75, 3.05) is 36.9 Å². The van der Waals surface area contributed by atoms with Crippen LogP contribution in [0.3, 0.4) is 0 Å². The number of nitrogens with one attached hydrogen (secondary N) is 1. The van der Waals surface area contributed by atoms with E-state index in [0.29, 0.717) is 6.54 Å². The van der Waals surface area contributed by atoms with Crippen LogP contribution in [0.1, 0.15) is 25.1 Å². The summed E-state index contributed by atoms with van der Waals surface area (Å²) >= 11 is 0. The molecule has 3 N–H and O–H groups in total. The van der Waals surface area contributed by atoms with E-state index in [1.165, 1.54) is 19.3 Å². The molecule has 0 amide bonds. The molecule has 1 aromatic rings. The predicted molar refractivity (Wildman–Crippen MR) is 74.9 cm³/mol. The third kappa shape index (κ3) is 3.32. The van der Waals surface area contributed by atoms with Gasteiger partial charge >= 0.3 is 0 Å². The van der Waals surface area contributed by atoms with Crippen LogP contribution in [-0.2, 0) is 0 Å². The zero-order valence-electron chi connectivity index (χ0n) is 11.3. The van der Waals surface area contributed by atoms with Crippen LogP contribution >= 0.6 is 0 Å². The van der Waals surface area contributed by atoms with Crippen LogP contribution in [0.15, 0.2) is 6.07 Å². The number of aromatic nitrogens is 2. The molecule has 0 aliphatic heterocycles. The summed E-state index contributed by atoms with van der Waals surface area (Å²) in [6.45, 7) is 4.38. The normalized spacial score (nSPS) is 15.3. The lowest BCUT2D eigenvalue weighted by atomic mass is 9.85. The summed E-state index contributed by atoms with van der Waals surface area (Å²) in [5, 5.41) is 3.42. The fraction of sp³-hybridized carbons (Fsp3) is 0.692. The van der Waals surface area contributed by atoms with Gasteiger partial charge < -0.3 is 16.0 Å². The van der Waals surface area contributed by atoms with Crippen LogP contribution in [-0.4, -0.2) is 36.6 Å². The predicted octanol–water partition coefficient (Wildman–Crippen LogP) is 1.39. The van der Waals surface area contributed by atoms with E-state index in [0.717, 1.165) is 36.5 Å². The maximum Gasteiger partial charge on any atom is 0.134 e. The van der Waals surface area contributed by atoms with Gasteiger partial charge in [-0.3, -0.25) is 0 Å². The minimum atomic E-state index is 0.629. The number of hydrogen-bond donors (Lipinski definition) is 2. The second kappa shape index (κ2) is 6.00. The first kappa shape index (κ1) is 13.1. The zero-order valence-corrected chi connectivity index (χ0v) is 11.3. The number of hydrogen-bond acceptors (Lipinski definition) is 5. The monoisotopic (exact) mass is 249 g/mol. The smallest absolute Gasteiger partial charge is 0.134 e. The van der Waals surface area contributed by atoms with E-state index in [9.17, 15) is 0 Å². The lowest BCUT2D eigenvalue weighted by Gasteiger charge is -2.26. The van der Waals surface area contributed by atoms with Gasteiger partial charge in [-0.15, -0.1) is 0 Å². The molecule has 0 aromatic carbocycles. The molecule has 5 heteroatoms. The van der Waals surface area contributed by atoms with E-state index in [-0.39, 0.29) is 0 Å². The molecule has 1 saturated carbocycles. The molecule has 0 atom stereocenters. The highest BCUT2D eigenvalue weighted by Gasteiger charge is 2.17. The number of nitrogens with two attached hydrogens (primary N) is 1. The Morgan fingerprint density at radius 3 is 2.83 bits per heavy atom. The minimum absolute atomic E-state index is 0.629. The molecule has 2 rings (SSSR count). The van der Waals surface area contributed by atoms with Crippen LogP contribution in [0.5, 0.6) is 0 Å². The van der Waals surface area contributed by atoms with E-state index in [2.05, 4.69) is 20.2 Å². The molecular weight excluding hydrogens is 226 g/mol. The van der Waals surface area contributed by atoms with E-state index in [1.54, 1.807) is 0 Å². The van der Waals surface area contributed by atoms with E-state index in [4.69, 9.17) is 5.73 Å². The van der Waals surface area contributed by atoms with Crippen molar-refractivity contribution in [3.05, 3.63) is 11.9 Å². The Hall–Kier alpha value is -1.36. The summed E-state index contributed by atoms with van der Waals surface area (Å²) in [5.74, 6) is 3.48. The summed E-state index contributed by atoms with van der Waals surface area (Å²) < 4.78 is 0. The fourth-order valence-corrected chi connectivity index (χ4v) is 2.09. The molecule has 18 heavy (non-hydrogen) atoms. The Balaban J connectivity index is 2.00. The maximum atomic E-state index is 5.57. The minimum Gasteiger partial charge on any atom is -0.370 e. The van der Waals surface area contributed by atoms with Crippen molar-refractivity contribution in [3.8, 4) is 0 Å². The van der Waals surface area contributed by atoms with Crippen LogP contribution in [0.4, 0.5) is 11.6 Å². The van der Waals surface area contributed by atoms with Crippen molar-refractivity contribution in [1.82, 2.24) is 9.97 Å². The third-order valence-corrected chi connectivity index (χ3v) is 3.48. The third-order valence-electron chi connectivity index (χ3n) is 3.48. The highest BCUT2D eigenvalue weighted by molar-refractivity contribution is 5.49. The SMILES string of the molecule is Cc1nc(NCC2CCC2)cc(N(C)CCN)n1. The summed E-state index contributed by atoms with van der Waals surface area (Å²) in [6.07, 6.45) is 4.06. The molecule has 100 valence electrons. The van der Waals surface area contributed by atoms with Gasteiger partial charge in [0.2, 0.25) is 0 Å². The van der Waals surface area contributed by atoms with Crippen molar-refractivity contribution in [2.24, 2.45) is 11.7 Å². The topological polar surface area (TPSA) is 67.1 Å². The van der Waals surface area contributed by atoms with Crippen LogP contribution in [0, 0.1) is 12.8 Å². The quantitative estimate of drug-likeness (QED) is 0.797. The molecule has 1 fully saturated rings. The Bertz CT molecular complexity index is 389. The molecule has 1 aromatic heterocycles. The van der Waals surface area contributed by atoms with Gasteiger partial charge in [0.25, 0.3) is 0 Å². The Labute approximate surface area is 109 Å². The maximum absolute atomic E-state index is 5.57. The van der Waals surface area contributed by atoms with E-state index in [1.807, 2.05) is 20.0 Å². The lowest BCUT2D eigenvalue weighted by Crippen LogP contribution is -2.26. The Morgan fingerprint density at radius 1 is 1.44 bits per heavy atom. The van der Waals surface area contributed by atoms with Crippen LogP contribution < -0.4 is 16.0 Å². The molecule has 1 aliphatic carbocycles. The molecule has 5 nitrogen and oxygen atoms in total. The highest BCUT2D eigenvalue weighted by atomic mass is 15.2. The van der Waals surface area contributed by atoms with Crippen molar-refractivity contribution >= 4 is 11.6 Å². The summed E-state index contributed by atoms with van der Waals surface area (Å²) in [6, 6.07) is 2.00. The summed E-state index contributed by atoms with van der Waals surface area (Å²) in [5.41, 5.74) is 5.57. The van der Waals surface area contributed by atoms with E-state index >= 15 is 0 Å². The van der Waals surface area contributed by atoms with Crippen LogP contribution in [0.2, 0.25) is 0 Å². The number of anilines is 2. The summed E-state index contributed by atoms with van der Waals surface area (Å²) in [7, 11) is 2.00. The molecule has 1 aliphatic rings. The standard InChI is InChI=1S/C13H23N5/c1-10-16-12(15-9-11-4-3-5-11)8-13(17-10)18(2)7-6-14/h8,11H,3-7,9,14H2,1-2H3,(H,15,16,17). The van der Waals surface area contributed by atoms with Crippen molar-refractivity contribution in [1.29, 1.82) is 0 Å². The molecule has 0 spiro atoms. The second-order valence-corrected chi connectivity index (χ2v) is 5.05. The van der Waals surface area contributed by atoms with Gasteiger partial charge in [-0.25, -0.2) is 9.97 Å². The van der Waals surface area contributed by atoms with Crippen molar-refractivity contribution < 1.29 is 0 Å². The van der Waals surface area contributed by atoms with Gasteiger partial charge in [-0.05, 0) is 25.7 Å². The van der Waals surface area contributed by atoms with E-state index < -0.39 is 0 Å². The first-order valence-electron chi connectivity index (χ1n) is 6.70. The average Bonchev–Trinajstić information content (AvgIpc) is 2.26. The van der Waals surface area contributed by atoms with Gasteiger partial charge in [-0.2, -0.15) is 0 Å². The van der Waals surface area contributed by atoms with Gasteiger partial charge in [0.15, 0.2) is 0 Å². The fourth-order valence-electron chi connectivity index (χ4n) is 2.09. The molecule has 0 saturated heterocycles. The highest BCUT2D eigenvalue weighted by Crippen LogP contribution is 2.26. The molecule has 1 heterocycles. The van der Waals surface area contributed by atoms with Gasteiger partial charge in [0.05, 0.1) is 0 Å². The Morgan fingerprint density at radius 2 is 2.22 bits per heavy atom. The molecule has 0 bridgehead atoms. The average molecular weight is 249 g/mol. The van der Waals surface area contributed by atoms with Crippen LogP contribution in [0.25, 0.3) is 0 Å². The number of rotatable bonds is 6. The number of nitrogens with zero attached hydrogens (tertiary/aromatic N) is 3. The number of likely N-dealkylation sites (N-methyl/N-ethyl adjacent to an activating group) is 1. The van der Waals surface area contributed by atoms with Gasteiger partial charge in [0.1, 0.15) is 17.5 Å². The Kier molecular flexibility index (Phi) is 4.36. The van der Waals surface area contributed by atoms with Crippen molar-refractivity contribution in [2.45, 2.75) is 26.2 Å². The molecule has 0 unspecified atom stereocenters. The second-order valence-electron chi connectivity index (χ2n) is 5.05. The lowest BCUT2D eigenvalue weighted by molar-refractivity contribution is 0.333.